The molecular weight excluding hydrogens is 391 g/mol. The summed E-state index contributed by atoms with van der Waals surface area (Å²) in [5, 5.41) is 20.4. The van der Waals surface area contributed by atoms with Gasteiger partial charge in [-0.1, -0.05) is 20.8 Å². The molecule has 1 fully saturated rings. The summed E-state index contributed by atoms with van der Waals surface area (Å²) in [6, 6.07) is 3.57. The molecule has 2 aromatic carbocycles. The zero-order valence-electron chi connectivity index (χ0n) is 15.6. The lowest BCUT2D eigenvalue weighted by Gasteiger charge is -2.20. The van der Waals surface area contributed by atoms with E-state index in [-0.39, 0.29) is 34.3 Å². The predicted octanol–water partition coefficient (Wildman–Crippen LogP) is 2.39. The number of phenols is 2. The molecule has 0 aromatic heterocycles. The molecule has 8 nitrogen and oxygen atoms in total. The smallest absolute Gasteiger partial charge is 0.326 e. The van der Waals surface area contributed by atoms with Crippen LogP contribution in [-0.2, 0) is 15.0 Å². The quantitative estimate of drug-likeness (QED) is 0.710. The van der Waals surface area contributed by atoms with Gasteiger partial charge in [-0.3, -0.25) is 4.79 Å². The number of carbonyl (C=O) groups is 1. The highest BCUT2D eigenvalue weighted by Crippen LogP contribution is 2.41. The summed E-state index contributed by atoms with van der Waals surface area (Å²) in [4.78, 5) is 11.4. The number of aromatic hydroxyl groups is 2. The number of fused-ring (bicyclic) bond motifs is 1. The van der Waals surface area contributed by atoms with Crippen molar-refractivity contribution in [2.24, 2.45) is 5.41 Å². The van der Waals surface area contributed by atoms with E-state index in [1.54, 1.807) is 4.72 Å². The number of phenolic OH excluding ortho intramolecular Hbond substituents is 2. The van der Waals surface area contributed by atoms with Crippen LogP contribution >= 0.6 is 0 Å². The van der Waals surface area contributed by atoms with E-state index in [2.05, 4.69) is 0 Å². The lowest BCUT2D eigenvalue weighted by Crippen LogP contribution is -2.30. The molecule has 3 N–H and O–H groups in total. The third-order valence-electron chi connectivity index (χ3n) is 4.29. The second-order valence-electron chi connectivity index (χ2n) is 7.80. The SMILES string of the molecule is CC(C)(C)CCOc1cc2c(F)c(N3CC(=O)NS3(=O)=O)c(O)cc2cc1O. The molecule has 0 radical (unpaired) electrons. The van der Waals surface area contributed by atoms with Crippen molar-refractivity contribution >= 4 is 32.6 Å². The Labute approximate surface area is 161 Å². The molecule has 1 saturated heterocycles. The standard InChI is InChI=1S/C18H21FN2O6S/c1-18(2,3)4-5-27-14-8-11-10(6-12(14)22)7-13(23)17(16(11)19)21-9-15(24)20-28(21,25)26/h6-8,22-23H,4-5,9H2,1-3H3,(H,20,24). The minimum absolute atomic E-state index is 0.000324. The number of amides is 1. The number of anilines is 1. The molecule has 0 saturated carbocycles. The normalized spacial score (nSPS) is 16.4. The summed E-state index contributed by atoms with van der Waals surface area (Å²) in [6.45, 7) is 5.71. The number of benzene rings is 2. The molecule has 1 aliphatic rings. The van der Waals surface area contributed by atoms with Crippen molar-refractivity contribution in [1.29, 1.82) is 0 Å². The number of carbonyl (C=O) groups excluding carboxylic acids is 1. The molecule has 28 heavy (non-hydrogen) atoms. The lowest BCUT2D eigenvalue weighted by molar-refractivity contribution is -0.117. The van der Waals surface area contributed by atoms with Gasteiger partial charge in [-0.05, 0) is 35.4 Å². The summed E-state index contributed by atoms with van der Waals surface area (Å²) in [5.41, 5.74) is -0.641. The van der Waals surface area contributed by atoms with Gasteiger partial charge in [-0.25, -0.2) is 13.4 Å². The lowest BCUT2D eigenvalue weighted by atomic mass is 9.93. The molecule has 2 aromatic rings. The third-order valence-corrected chi connectivity index (χ3v) is 5.67. The van der Waals surface area contributed by atoms with Gasteiger partial charge in [0.1, 0.15) is 18.0 Å². The van der Waals surface area contributed by atoms with Gasteiger partial charge < -0.3 is 14.9 Å². The van der Waals surface area contributed by atoms with Gasteiger partial charge in [-0.15, -0.1) is 0 Å². The third kappa shape index (κ3) is 3.77. The van der Waals surface area contributed by atoms with Crippen LogP contribution in [0.15, 0.2) is 18.2 Å². The van der Waals surface area contributed by atoms with Gasteiger partial charge in [0.25, 0.3) is 5.91 Å². The first kappa shape index (κ1) is 20.0. The highest BCUT2D eigenvalue weighted by molar-refractivity contribution is 7.92. The number of nitrogens with zero attached hydrogens (tertiary/aromatic N) is 1. The van der Waals surface area contributed by atoms with Crippen LogP contribution in [0, 0.1) is 11.2 Å². The van der Waals surface area contributed by atoms with Gasteiger partial charge >= 0.3 is 10.2 Å². The first-order valence-corrected chi connectivity index (χ1v) is 9.97. The van der Waals surface area contributed by atoms with Crippen molar-refractivity contribution in [3.05, 3.63) is 24.0 Å². The van der Waals surface area contributed by atoms with E-state index in [1.165, 1.54) is 12.1 Å². The average molecular weight is 412 g/mol. The Morgan fingerprint density at radius 1 is 1.21 bits per heavy atom. The van der Waals surface area contributed by atoms with Crippen LogP contribution in [0.5, 0.6) is 17.2 Å². The zero-order chi connectivity index (χ0) is 20.9. The second kappa shape index (κ2) is 6.69. The van der Waals surface area contributed by atoms with Crippen LogP contribution in [0.1, 0.15) is 27.2 Å². The molecule has 1 heterocycles. The molecule has 1 amide bonds. The molecule has 0 bridgehead atoms. The summed E-state index contributed by atoms with van der Waals surface area (Å²) >= 11 is 0. The topological polar surface area (TPSA) is 116 Å². The fourth-order valence-electron chi connectivity index (χ4n) is 2.82. The van der Waals surface area contributed by atoms with E-state index in [0.29, 0.717) is 10.7 Å². The maximum Gasteiger partial charge on any atom is 0.326 e. The Balaban J connectivity index is 2.06. The van der Waals surface area contributed by atoms with Gasteiger partial charge in [0.15, 0.2) is 17.3 Å². The summed E-state index contributed by atoms with van der Waals surface area (Å²) in [7, 11) is -4.30. The molecular formula is C18H21FN2O6S. The van der Waals surface area contributed by atoms with E-state index in [4.69, 9.17) is 4.74 Å². The maximum absolute atomic E-state index is 15.1. The number of hydrogen-bond acceptors (Lipinski definition) is 6. The Kier molecular flexibility index (Phi) is 4.78. The molecule has 0 spiro atoms. The second-order valence-corrected chi connectivity index (χ2v) is 9.39. The summed E-state index contributed by atoms with van der Waals surface area (Å²) < 4.78 is 46.9. The van der Waals surface area contributed by atoms with Crippen molar-refractivity contribution in [3.8, 4) is 17.2 Å². The van der Waals surface area contributed by atoms with Gasteiger partial charge in [0.05, 0.1) is 6.61 Å². The van der Waals surface area contributed by atoms with Crippen LogP contribution < -0.4 is 13.8 Å². The summed E-state index contributed by atoms with van der Waals surface area (Å²) in [6.07, 6.45) is 0.688. The Hall–Kier alpha value is -2.75. The fourth-order valence-corrected chi connectivity index (χ4v) is 3.98. The largest absolute Gasteiger partial charge is 0.506 e. The number of nitrogens with one attached hydrogen (secondary N) is 1. The molecule has 0 atom stereocenters. The summed E-state index contributed by atoms with van der Waals surface area (Å²) in [5.74, 6) is -2.76. The molecule has 152 valence electrons. The van der Waals surface area contributed by atoms with Crippen molar-refractivity contribution in [3.63, 3.8) is 0 Å². The van der Waals surface area contributed by atoms with Crippen LogP contribution in [0.2, 0.25) is 0 Å². The van der Waals surface area contributed by atoms with Crippen LogP contribution in [-0.4, -0.2) is 37.7 Å². The Morgan fingerprint density at radius 2 is 1.86 bits per heavy atom. The number of rotatable bonds is 4. The molecule has 1 aliphatic heterocycles. The number of hydrogen-bond donors (Lipinski definition) is 3. The first-order valence-electron chi connectivity index (χ1n) is 8.53. The Morgan fingerprint density at radius 3 is 2.43 bits per heavy atom. The molecule has 3 rings (SSSR count). The van der Waals surface area contributed by atoms with Gasteiger partial charge in [-0.2, -0.15) is 8.42 Å². The van der Waals surface area contributed by atoms with Crippen molar-refractivity contribution in [2.45, 2.75) is 27.2 Å². The van der Waals surface area contributed by atoms with E-state index in [9.17, 15) is 23.4 Å². The number of halogens is 1. The van der Waals surface area contributed by atoms with Crippen LogP contribution in [0.25, 0.3) is 10.8 Å². The van der Waals surface area contributed by atoms with Crippen LogP contribution in [0.3, 0.4) is 0 Å². The maximum atomic E-state index is 15.1. The van der Waals surface area contributed by atoms with Crippen LogP contribution in [0.4, 0.5) is 10.1 Å². The average Bonchev–Trinajstić information content (AvgIpc) is 2.80. The highest BCUT2D eigenvalue weighted by atomic mass is 32.2. The van der Waals surface area contributed by atoms with E-state index in [0.717, 1.165) is 6.07 Å². The monoisotopic (exact) mass is 412 g/mol. The van der Waals surface area contributed by atoms with Gasteiger partial charge in [0.2, 0.25) is 0 Å². The van der Waals surface area contributed by atoms with E-state index in [1.807, 2.05) is 20.8 Å². The number of ether oxygens (including phenoxy) is 1. The zero-order valence-corrected chi connectivity index (χ0v) is 16.4. The van der Waals surface area contributed by atoms with Crippen molar-refractivity contribution in [2.75, 3.05) is 17.5 Å². The molecule has 10 heteroatoms. The van der Waals surface area contributed by atoms with Crippen molar-refractivity contribution < 1.29 is 32.6 Å². The highest BCUT2D eigenvalue weighted by Gasteiger charge is 2.38. The van der Waals surface area contributed by atoms with Crippen molar-refractivity contribution in [1.82, 2.24) is 4.72 Å². The molecule has 0 aliphatic carbocycles. The minimum Gasteiger partial charge on any atom is -0.506 e. The van der Waals surface area contributed by atoms with Gasteiger partial charge in [0, 0.05) is 5.39 Å². The first-order chi connectivity index (χ1) is 12.9. The van der Waals surface area contributed by atoms with E-state index >= 15 is 4.39 Å². The molecule has 0 unspecified atom stereocenters. The fraction of sp³-hybridized carbons (Fsp3) is 0.389. The minimum atomic E-state index is -4.30. The van der Waals surface area contributed by atoms with E-state index < -0.39 is 39.9 Å². The predicted molar refractivity (Wildman–Crippen MR) is 101 cm³/mol. The Bertz CT molecular complexity index is 1060.